The van der Waals surface area contributed by atoms with E-state index in [4.69, 9.17) is 4.74 Å². The van der Waals surface area contributed by atoms with E-state index in [9.17, 15) is 9.59 Å². The number of carbonyl (C=O) groups excluding carboxylic acids is 2. The average Bonchev–Trinajstić information content (AvgIpc) is 2.67. The summed E-state index contributed by atoms with van der Waals surface area (Å²) in [6.07, 6.45) is 0. The molecule has 0 saturated carbocycles. The van der Waals surface area contributed by atoms with Crippen LogP contribution in [0.25, 0.3) is 0 Å². The van der Waals surface area contributed by atoms with Gasteiger partial charge in [0.15, 0.2) is 0 Å². The van der Waals surface area contributed by atoms with Crippen LogP contribution in [0.5, 0.6) is 11.5 Å². The standard InChI is InChI=1S/C22H20N2O3/c1-15-8-9-16(2)20(14-15)24-22(26)21(25)23-17-10-12-19(13-11-17)27-18-6-4-3-5-7-18/h3-14H,1-2H3,(H,23,25)(H,24,26). The lowest BCUT2D eigenvalue weighted by Gasteiger charge is -2.10. The molecular formula is C22H20N2O3. The number of para-hydroxylation sites is 1. The molecule has 27 heavy (non-hydrogen) atoms. The smallest absolute Gasteiger partial charge is 0.314 e. The second-order valence-electron chi connectivity index (χ2n) is 6.17. The molecule has 0 spiro atoms. The van der Waals surface area contributed by atoms with Gasteiger partial charge in [0.05, 0.1) is 0 Å². The maximum absolute atomic E-state index is 12.1. The van der Waals surface area contributed by atoms with E-state index >= 15 is 0 Å². The average molecular weight is 360 g/mol. The highest BCUT2D eigenvalue weighted by molar-refractivity contribution is 6.43. The number of aryl methyl sites for hydroxylation is 2. The third-order valence-corrected chi connectivity index (χ3v) is 3.94. The first-order valence-electron chi connectivity index (χ1n) is 8.54. The Balaban J connectivity index is 1.60. The molecule has 0 saturated heterocycles. The van der Waals surface area contributed by atoms with Crippen LogP contribution in [0, 0.1) is 13.8 Å². The zero-order valence-electron chi connectivity index (χ0n) is 15.2. The number of carbonyl (C=O) groups is 2. The Morgan fingerprint density at radius 3 is 2.07 bits per heavy atom. The van der Waals surface area contributed by atoms with Crippen molar-refractivity contribution in [1.82, 2.24) is 0 Å². The molecule has 2 amide bonds. The third kappa shape index (κ3) is 4.95. The van der Waals surface area contributed by atoms with Crippen LogP contribution in [0.2, 0.25) is 0 Å². The maximum Gasteiger partial charge on any atom is 0.314 e. The van der Waals surface area contributed by atoms with Crippen LogP contribution < -0.4 is 15.4 Å². The van der Waals surface area contributed by atoms with Gasteiger partial charge in [-0.2, -0.15) is 0 Å². The first-order valence-corrected chi connectivity index (χ1v) is 8.54. The van der Waals surface area contributed by atoms with E-state index in [0.29, 0.717) is 17.1 Å². The molecule has 0 aliphatic rings. The third-order valence-electron chi connectivity index (χ3n) is 3.94. The molecule has 0 aliphatic heterocycles. The highest BCUT2D eigenvalue weighted by Crippen LogP contribution is 2.22. The van der Waals surface area contributed by atoms with E-state index in [2.05, 4.69) is 10.6 Å². The highest BCUT2D eigenvalue weighted by Gasteiger charge is 2.15. The van der Waals surface area contributed by atoms with Crippen molar-refractivity contribution in [3.05, 3.63) is 83.9 Å². The largest absolute Gasteiger partial charge is 0.457 e. The molecule has 0 aliphatic carbocycles. The Hall–Kier alpha value is -3.60. The van der Waals surface area contributed by atoms with Gasteiger partial charge in [0.1, 0.15) is 11.5 Å². The van der Waals surface area contributed by atoms with Gasteiger partial charge in [-0.25, -0.2) is 0 Å². The van der Waals surface area contributed by atoms with Gasteiger partial charge in [-0.3, -0.25) is 9.59 Å². The molecule has 0 atom stereocenters. The summed E-state index contributed by atoms with van der Waals surface area (Å²) in [7, 11) is 0. The second kappa shape index (κ2) is 8.19. The summed E-state index contributed by atoms with van der Waals surface area (Å²) in [6.45, 7) is 3.80. The first-order chi connectivity index (χ1) is 13.0. The number of rotatable bonds is 4. The Labute approximate surface area is 158 Å². The summed E-state index contributed by atoms with van der Waals surface area (Å²) >= 11 is 0. The second-order valence-corrected chi connectivity index (χ2v) is 6.17. The molecule has 5 heteroatoms. The van der Waals surface area contributed by atoms with Crippen molar-refractivity contribution < 1.29 is 14.3 Å². The van der Waals surface area contributed by atoms with E-state index in [1.807, 2.05) is 62.4 Å². The lowest BCUT2D eigenvalue weighted by atomic mass is 10.1. The monoisotopic (exact) mass is 360 g/mol. The van der Waals surface area contributed by atoms with Gasteiger partial charge >= 0.3 is 11.8 Å². The molecule has 5 nitrogen and oxygen atoms in total. The van der Waals surface area contributed by atoms with Crippen LogP contribution in [0.3, 0.4) is 0 Å². The summed E-state index contributed by atoms with van der Waals surface area (Å²) < 4.78 is 5.70. The highest BCUT2D eigenvalue weighted by atomic mass is 16.5. The van der Waals surface area contributed by atoms with E-state index in [0.717, 1.165) is 16.9 Å². The summed E-state index contributed by atoms with van der Waals surface area (Å²) in [5, 5.41) is 5.22. The fourth-order valence-corrected chi connectivity index (χ4v) is 2.47. The van der Waals surface area contributed by atoms with Crippen LogP contribution in [0.15, 0.2) is 72.8 Å². The topological polar surface area (TPSA) is 67.4 Å². The number of hydrogen-bond donors (Lipinski definition) is 2. The van der Waals surface area contributed by atoms with Gasteiger partial charge in [0, 0.05) is 11.4 Å². The quantitative estimate of drug-likeness (QED) is 0.664. The number of benzene rings is 3. The minimum absolute atomic E-state index is 0.511. The summed E-state index contributed by atoms with van der Waals surface area (Å²) in [6, 6.07) is 21.9. The van der Waals surface area contributed by atoms with Crippen LogP contribution in [-0.4, -0.2) is 11.8 Å². The molecule has 136 valence electrons. The minimum atomic E-state index is -0.729. The van der Waals surface area contributed by atoms with Crippen molar-refractivity contribution in [1.29, 1.82) is 0 Å². The van der Waals surface area contributed by atoms with Crippen LogP contribution in [-0.2, 0) is 9.59 Å². The van der Waals surface area contributed by atoms with Crippen molar-refractivity contribution in [3.8, 4) is 11.5 Å². The number of hydrogen-bond acceptors (Lipinski definition) is 3. The molecule has 0 unspecified atom stereocenters. The summed E-state index contributed by atoms with van der Waals surface area (Å²) in [5.41, 5.74) is 3.03. The first kappa shape index (κ1) is 18.2. The Morgan fingerprint density at radius 2 is 1.37 bits per heavy atom. The Morgan fingerprint density at radius 1 is 0.741 bits per heavy atom. The lowest BCUT2D eigenvalue weighted by molar-refractivity contribution is -0.133. The number of anilines is 2. The molecular weight excluding hydrogens is 340 g/mol. The maximum atomic E-state index is 12.1. The molecule has 0 heterocycles. The van der Waals surface area contributed by atoms with Crippen molar-refractivity contribution >= 4 is 23.2 Å². The summed E-state index contributed by atoms with van der Waals surface area (Å²) in [4.78, 5) is 24.3. The molecule has 3 aromatic rings. The molecule has 3 rings (SSSR count). The Bertz CT molecular complexity index is 951. The zero-order valence-corrected chi connectivity index (χ0v) is 15.2. The van der Waals surface area contributed by atoms with Gasteiger partial charge in [-0.05, 0) is 67.4 Å². The predicted molar refractivity (Wildman–Crippen MR) is 106 cm³/mol. The molecule has 0 radical (unpaired) electrons. The van der Waals surface area contributed by atoms with Crippen molar-refractivity contribution in [3.63, 3.8) is 0 Å². The molecule has 3 aromatic carbocycles. The molecule has 0 aromatic heterocycles. The number of nitrogens with one attached hydrogen (secondary N) is 2. The van der Waals surface area contributed by atoms with E-state index < -0.39 is 11.8 Å². The van der Waals surface area contributed by atoms with E-state index in [-0.39, 0.29) is 0 Å². The molecule has 0 fully saturated rings. The van der Waals surface area contributed by atoms with Crippen LogP contribution >= 0.6 is 0 Å². The van der Waals surface area contributed by atoms with Crippen LogP contribution in [0.4, 0.5) is 11.4 Å². The van der Waals surface area contributed by atoms with Crippen LogP contribution in [0.1, 0.15) is 11.1 Å². The van der Waals surface area contributed by atoms with E-state index in [1.54, 1.807) is 24.3 Å². The minimum Gasteiger partial charge on any atom is -0.457 e. The molecule has 0 bridgehead atoms. The Kier molecular flexibility index (Phi) is 5.52. The van der Waals surface area contributed by atoms with Gasteiger partial charge in [-0.15, -0.1) is 0 Å². The SMILES string of the molecule is Cc1ccc(C)c(NC(=O)C(=O)Nc2ccc(Oc3ccccc3)cc2)c1. The lowest BCUT2D eigenvalue weighted by Crippen LogP contribution is -2.29. The van der Waals surface area contributed by atoms with Gasteiger partial charge < -0.3 is 15.4 Å². The van der Waals surface area contributed by atoms with Gasteiger partial charge in [0.2, 0.25) is 0 Å². The van der Waals surface area contributed by atoms with Gasteiger partial charge in [0.25, 0.3) is 0 Å². The fraction of sp³-hybridized carbons (Fsp3) is 0.0909. The normalized spacial score (nSPS) is 10.1. The molecule has 2 N–H and O–H groups in total. The predicted octanol–water partition coefficient (Wildman–Crippen LogP) is 4.67. The number of amides is 2. The van der Waals surface area contributed by atoms with E-state index in [1.165, 1.54) is 0 Å². The van der Waals surface area contributed by atoms with Crippen molar-refractivity contribution in [2.24, 2.45) is 0 Å². The summed E-state index contributed by atoms with van der Waals surface area (Å²) in [5.74, 6) is -0.0813. The fourth-order valence-electron chi connectivity index (χ4n) is 2.47. The zero-order chi connectivity index (χ0) is 19.2. The number of ether oxygens (including phenoxy) is 1. The van der Waals surface area contributed by atoms with Crippen molar-refractivity contribution in [2.45, 2.75) is 13.8 Å². The van der Waals surface area contributed by atoms with Gasteiger partial charge in [-0.1, -0.05) is 30.3 Å². The van der Waals surface area contributed by atoms with Crippen molar-refractivity contribution in [2.75, 3.05) is 10.6 Å².